The average molecular weight is 371 g/mol. The van der Waals surface area contributed by atoms with Crippen molar-refractivity contribution < 1.29 is 4.79 Å². The van der Waals surface area contributed by atoms with Crippen LogP contribution in [-0.2, 0) is 6.54 Å². The predicted molar refractivity (Wildman–Crippen MR) is 109 cm³/mol. The Balaban J connectivity index is 1.24. The van der Waals surface area contributed by atoms with Crippen molar-refractivity contribution in [2.45, 2.75) is 38.3 Å². The first kappa shape index (κ1) is 18.9. The topological polar surface area (TPSA) is 38.8 Å². The first-order valence-corrected chi connectivity index (χ1v) is 10.7. The van der Waals surface area contributed by atoms with E-state index in [9.17, 15) is 4.79 Å². The number of nitrogens with zero attached hydrogens (tertiary/aromatic N) is 3. The van der Waals surface area contributed by atoms with Crippen molar-refractivity contribution in [3.63, 3.8) is 0 Å². The predicted octanol–water partition coefficient (Wildman–Crippen LogP) is 2.04. The Morgan fingerprint density at radius 3 is 2.26 bits per heavy atom. The molecule has 1 N–H and O–H groups in total. The van der Waals surface area contributed by atoms with Gasteiger partial charge in [-0.15, -0.1) is 0 Å². The van der Waals surface area contributed by atoms with Gasteiger partial charge < -0.3 is 15.1 Å². The third kappa shape index (κ3) is 5.31. The highest BCUT2D eigenvalue weighted by Gasteiger charge is 2.26. The second-order valence-electron chi connectivity index (χ2n) is 8.69. The number of hydrogen-bond donors (Lipinski definition) is 1. The molecule has 0 radical (unpaired) electrons. The number of carbonyl (C=O) groups excluding carboxylic acids is 1. The Labute approximate surface area is 163 Å². The van der Waals surface area contributed by atoms with Gasteiger partial charge in [0.2, 0.25) is 0 Å². The molecule has 0 aromatic heterocycles. The molecule has 4 rings (SSSR count). The molecule has 1 aromatic rings. The van der Waals surface area contributed by atoms with Crippen LogP contribution in [0.5, 0.6) is 0 Å². The number of benzene rings is 1. The maximum absolute atomic E-state index is 12.8. The van der Waals surface area contributed by atoms with Gasteiger partial charge in [-0.05, 0) is 62.9 Å². The molecule has 148 valence electrons. The molecule has 3 fully saturated rings. The van der Waals surface area contributed by atoms with Gasteiger partial charge in [0.05, 0.1) is 0 Å². The van der Waals surface area contributed by atoms with E-state index in [2.05, 4.69) is 34.3 Å². The van der Waals surface area contributed by atoms with Crippen LogP contribution in [0.25, 0.3) is 0 Å². The summed E-state index contributed by atoms with van der Waals surface area (Å²) in [7, 11) is 2.18. The van der Waals surface area contributed by atoms with Crippen LogP contribution in [-0.4, -0.2) is 79.5 Å². The highest BCUT2D eigenvalue weighted by Crippen LogP contribution is 2.28. The van der Waals surface area contributed by atoms with Crippen molar-refractivity contribution in [2.24, 2.45) is 5.92 Å². The van der Waals surface area contributed by atoms with Crippen molar-refractivity contribution in [1.82, 2.24) is 20.0 Å². The molecule has 0 bridgehead atoms. The normalized spacial score (nSPS) is 22.9. The molecule has 1 saturated carbocycles. The molecule has 0 unspecified atom stereocenters. The summed E-state index contributed by atoms with van der Waals surface area (Å²) < 4.78 is 0. The molecular weight excluding hydrogens is 336 g/mol. The SMILES string of the molecule is CN1CCN(Cc2ccc(C(=O)N3CCC(NCC4CC4)CC3)cc2)CC1. The number of rotatable bonds is 6. The summed E-state index contributed by atoms with van der Waals surface area (Å²) in [6.07, 6.45) is 4.96. The van der Waals surface area contributed by atoms with Crippen LogP contribution >= 0.6 is 0 Å². The van der Waals surface area contributed by atoms with Gasteiger partial charge >= 0.3 is 0 Å². The number of piperidine rings is 1. The third-order valence-electron chi connectivity index (χ3n) is 6.38. The van der Waals surface area contributed by atoms with Gasteiger partial charge in [-0.3, -0.25) is 9.69 Å². The number of hydrogen-bond acceptors (Lipinski definition) is 4. The first-order chi connectivity index (χ1) is 13.2. The van der Waals surface area contributed by atoms with Crippen molar-refractivity contribution in [1.29, 1.82) is 0 Å². The van der Waals surface area contributed by atoms with E-state index in [1.165, 1.54) is 24.9 Å². The Morgan fingerprint density at radius 1 is 0.963 bits per heavy atom. The molecule has 5 heteroatoms. The van der Waals surface area contributed by atoms with Crippen LogP contribution in [0.3, 0.4) is 0 Å². The minimum absolute atomic E-state index is 0.196. The summed E-state index contributed by atoms with van der Waals surface area (Å²) in [5, 5.41) is 3.69. The van der Waals surface area contributed by atoms with Crippen LogP contribution in [0.2, 0.25) is 0 Å². The van der Waals surface area contributed by atoms with E-state index in [0.29, 0.717) is 6.04 Å². The van der Waals surface area contributed by atoms with Crippen molar-refractivity contribution >= 4 is 5.91 Å². The molecule has 1 aromatic carbocycles. The largest absolute Gasteiger partial charge is 0.339 e. The van der Waals surface area contributed by atoms with Crippen LogP contribution < -0.4 is 5.32 Å². The van der Waals surface area contributed by atoms with Crippen LogP contribution in [0.15, 0.2) is 24.3 Å². The molecule has 0 spiro atoms. The number of likely N-dealkylation sites (N-methyl/N-ethyl adjacent to an activating group) is 1. The maximum Gasteiger partial charge on any atom is 0.253 e. The van der Waals surface area contributed by atoms with Gasteiger partial charge in [0.15, 0.2) is 0 Å². The third-order valence-corrected chi connectivity index (χ3v) is 6.38. The Morgan fingerprint density at radius 2 is 1.63 bits per heavy atom. The second kappa shape index (κ2) is 8.72. The highest BCUT2D eigenvalue weighted by molar-refractivity contribution is 5.94. The second-order valence-corrected chi connectivity index (χ2v) is 8.69. The summed E-state index contributed by atoms with van der Waals surface area (Å²) in [5.74, 6) is 1.12. The summed E-state index contributed by atoms with van der Waals surface area (Å²) >= 11 is 0. The fourth-order valence-electron chi connectivity index (χ4n) is 4.14. The minimum Gasteiger partial charge on any atom is -0.339 e. The fourth-order valence-corrected chi connectivity index (χ4v) is 4.14. The van der Waals surface area contributed by atoms with Crippen molar-refractivity contribution in [2.75, 3.05) is 52.9 Å². The molecule has 27 heavy (non-hydrogen) atoms. The zero-order valence-corrected chi connectivity index (χ0v) is 16.7. The van der Waals surface area contributed by atoms with E-state index < -0.39 is 0 Å². The Hall–Kier alpha value is -1.43. The lowest BCUT2D eigenvalue weighted by Gasteiger charge is -2.33. The molecule has 5 nitrogen and oxygen atoms in total. The molecule has 2 aliphatic heterocycles. The van der Waals surface area contributed by atoms with Gasteiger partial charge in [-0.25, -0.2) is 0 Å². The van der Waals surface area contributed by atoms with E-state index in [1.54, 1.807) is 0 Å². The lowest BCUT2D eigenvalue weighted by molar-refractivity contribution is 0.0705. The zero-order valence-electron chi connectivity index (χ0n) is 16.7. The number of carbonyl (C=O) groups is 1. The number of piperazine rings is 1. The number of likely N-dealkylation sites (tertiary alicyclic amines) is 1. The van der Waals surface area contributed by atoms with Gasteiger partial charge in [0.25, 0.3) is 5.91 Å². The van der Waals surface area contributed by atoms with Gasteiger partial charge in [-0.1, -0.05) is 12.1 Å². The number of amides is 1. The molecule has 1 aliphatic carbocycles. The molecule has 2 saturated heterocycles. The van der Waals surface area contributed by atoms with Gasteiger partial charge in [0.1, 0.15) is 0 Å². The van der Waals surface area contributed by atoms with Crippen LogP contribution in [0.4, 0.5) is 0 Å². The fraction of sp³-hybridized carbons (Fsp3) is 0.682. The van der Waals surface area contributed by atoms with Crippen LogP contribution in [0.1, 0.15) is 41.6 Å². The zero-order chi connectivity index (χ0) is 18.6. The molecule has 3 aliphatic rings. The standard InChI is InChI=1S/C22H34N4O/c1-24-12-14-25(15-13-24)17-19-4-6-20(7-5-19)22(27)26-10-8-21(9-11-26)23-16-18-2-3-18/h4-7,18,21,23H,2-3,8-17H2,1H3. The molecule has 2 heterocycles. The van der Waals surface area contributed by atoms with E-state index in [1.807, 2.05) is 17.0 Å². The monoisotopic (exact) mass is 370 g/mol. The maximum atomic E-state index is 12.8. The summed E-state index contributed by atoms with van der Waals surface area (Å²) in [5.41, 5.74) is 2.14. The lowest BCUT2D eigenvalue weighted by atomic mass is 10.0. The summed E-state index contributed by atoms with van der Waals surface area (Å²) in [6.45, 7) is 8.45. The van der Waals surface area contributed by atoms with Crippen molar-refractivity contribution in [3.05, 3.63) is 35.4 Å². The molecule has 0 atom stereocenters. The first-order valence-electron chi connectivity index (χ1n) is 10.7. The van der Waals surface area contributed by atoms with Crippen LogP contribution in [0, 0.1) is 5.92 Å². The summed E-state index contributed by atoms with van der Waals surface area (Å²) in [4.78, 5) is 19.7. The summed E-state index contributed by atoms with van der Waals surface area (Å²) in [6, 6.07) is 8.90. The Bertz CT molecular complexity index is 612. The van der Waals surface area contributed by atoms with Gasteiger partial charge in [-0.2, -0.15) is 0 Å². The van der Waals surface area contributed by atoms with E-state index in [-0.39, 0.29) is 5.91 Å². The van der Waals surface area contributed by atoms with Crippen molar-refractivity contribution in [3.8, 4) is 0 Å². The molecule has 1 amide bonds. The average Bonchev–Trinajstić information content (AvgIpc) is 3.53. The van der Waals surface area contributed by atoms with Gasteiger partial charge in [0, 0.05) is 57.4 Å². The van der Waals surface area contributed by atoms with E-state index >= 15 is 0 Å². The smallest absolute Gasteiger partial charge is 0.253 e. The molecular formula is C22H34N4O. The quantitative estimate of drug-likeness (QED) is 0.832. The number of nitrogens with one attached hydrogen (secondary N) is 1. The lowest BCUT2D eigenvalue weighted by Crippen LogP contribution is -2.45. The van der Waals surface area contributed by atoms with E-state index in [0.717, 1.165) is 70.1 Å². The highest BCUT2D eigenvalue weighted by atomic mass is 16.2. The minimum atomic E-state index is 0.196. The van der Waals surface area contributed by atoms with E-state index in [4.69, 9.17) is 0 Å². The Kier molecular flexibility index (Phi) is 6.11.